The zero-order valence-electron chi connectivity index (χ0n) is 12.0. The molecule has 2 rings (SSSR count). The van der Waals surface area contributed by atoms with Crippen LogP contribution in [0.1, 0.15) is 31.9 Å². The van der Waals surface area contributed by atoms with Crippen molar-refractivity contribution in [1.82, 2.24) is 15.1 Å². The van der Waals surface area contributed by atoms with Gasteiger partial charge in [-0.2, -0.15) is 5.10 Å². The minimum absolute atomic E-state index is 0.0355. The third-order valence-corrected chi connectivity index (χ3v) is 2.78. The van der Waals surface area contributed by atoms with Gasteiger partial charge < -0.3 is 5.32 Å². The molecule has 2 aromatic rings. The van der Waals surface area contributed by atoms with Crippen molar-refractivity contribution in [3.63, 3.8) is 0 Å². The molecule has 3 nitrogen and oxygen atoms in total. The average Bonchev–Trinajstić information content (AvgIpc) is 2.72. The van der Waals surface area contributed by atoms with Gasteiger partial charge in [0.2, 0.25) is 0 Å². The minimum Gasteiger partial charge on any atom is -0.308 e. The monoisotopic (exact) mass is 279 g/mol. The van der Waals surface area contributed by atoms with Crippen LogP contribution in [0.2, 0.25) is 0 Å². The van der Waals surface area contributed by atoms with Crippen LogP contribution in [0.25, 0.3) is 0 Å². The van der Waals surface area contributed by atoms with Crippen molar-refractivity contribution in [1.29, 1.82) is 0 Å². The van der Waals surface area contributed by atoms with E-state index < -0.39 is 11.6 Å². The first-order valence-corrected chi connectivity index (χ1v) is 6.53. The average molecular weight is 279 g/mol. The SMILES string of the molecule is CC(C)(C)NCc1cnn(Cc2cc(F)cc(F)c2)c1. The van der Waals surface area contributed by atoms with Gasteiger partial charge in [-0.25, -0.2) is 8.78 Å². The molecule has 1 aromatic heterocycles. The van der Waals surface area contributed by atoms with E-state index in [1.807, 2.05) is 6.20 Å². The van der Waals surface area contributed by atoms with Crippen LogP contribution in [0.15, 0.2) is 30.6 Å². The number of hydrogen-bond donors (Lipinski definition) is 1. The molecule has 0 unspecified atom stereocenters. The summed E-state index contributed by atoms with van der Waals surface area (Å²) in [5, 5.41) is 7.56. The molecule has 1 heterocycles. The Morgan fingerprint density at radius 2 is 1.75 bits per heavy atom. The second-order valence-electron chi connectivity index (χ2n) is 5.93. The number of halogens is 2. The van der Waals surface area contributed by atoms with Gasteiger partial charge in [0.15, 0.2) is 0 Å². The van der Waals surface area contributed by atoms with E-state index in [0.717, 1.165) is 11.6 Å². The Morgan fingerprint density at radius 1 is 1.10 bits per heavy atom. The maximum absolute atomic E-state index is 13.1. The highest BCUT2D eigenvalue weighted by molar-refractivity contribution is 5.18. The first-order valence-electron chi connectivity index (χ1n) is 6.53. The molecule has 0 saturated heterocycles. The van der Waals surface area contributed by atoms with Crippen LogP contribution in [-0.2, 0) is 13.1 Å². The van der Waals surface area contributed by atoms with Crippen LogP contribution in [0.4, 0.5) is 8.78 Å². The third kappa shape index (κ3) is 4.42. The van der Waals surface area contributed by atoms with Crippen LogP contribution in [0.5, 0.6) is 0 Å². The van der Waals surface area contributed by atoms with Gasteiger partial charge in [-0.05, 0) is 38.5 Å². The van der Waals surface area contributed by atoms with Gasteiger partial charge in [0, 0.05) is 29.9 Å². The fourth-order valence-corrected chi connectivity index (χ4v) is 1.84. The molecular weight excluding hydrogens is 260 g/mol. The second-order valence-corrected chi connectivity index (χ2v) is 5.93. The summed E-state index contributed by atoms with van der Waals surface area (Å²) in [4.78, 5) is 0. The predicted octanol–water partition coefficient (Wildman–Crippen LogP) is 3.10. The molecule has 108 valence electrons. The normalized spacial score (nSPS) is 11.8. The van der Waals surface area contributed by atoms with Gasteiger partial charge in [-0.3, -0.25) is 4.68 Å². The van der Waals surface area contributed by atoms with E-state index in [2.05, 4.69) is 31.2 Å². The highest BCUT2D eigenvalue weighted by Gasteiger charge is 2.09. The maximum atomic E-state index is 13.1. The maximum Gasteiger partial charge on any atom is 0.126 e. The van der Waals surface area contributed by atoms with E-state index in [4.69, 9.17) is 0 Å². The number of aromatic nitrogens is 2. The lowest BCUT2D eigenvalue weighted by Gasteiger charge is -2.19. The van der Waals surface area contributed by atoms with Gasteiger partial charge >= 0.3 is 0 Å². The lowest BCUT2D eigenvalue weighted by atomic mass is 10.1. The Kier molecular flexibility index (Phi) is 4.18. The summed E-state index contributed by atoms with van der Waals surface area (Å²) >= 11 is 0. The fourth-order valence-electron chi connectivity index (χ4n) is 1.84. The Balaban J connectivity index is 2.02. The number of nitrogens with zero attached hydrogens (tertiary/aromatic N) is 2. The van der Waals surface area contributed by atoms with Gasteiger partial charge in [-0.15, -0.1) is 0 Å². The first kappa shape index (κ1) is 14.7. The summed E-state index contributed by atoms with van der Waals surface area (Å²) in [6.07, 6.45) is 3.63. The highest BCUT2D eigenvalue weighted by atomic mass is 19.1. The quantitative estimate of drug-likeness (QED) is 0.932. The summed E-state index contributed by atoms with van der Waals surface area (Å²) < 4.78 is 27.9. The van der Waals surface area contributed by atoms with Crippen LogP contribution in [0.3, 0.4) is 0 Å². The number of hydrogen-bond acceptors (Lipinski definition) is 2. The lowest BCUT2D eigenvalue weighted by Crippen LogP contribution is -2.34. The molecule has 1 N–H and O–H groups in total. The molecule has 0 fully saturated rings. The molecule has 0 aliphatic carbocycles. The lowest BCUT2D eigenvalue weighted by molar-refractivity contribution is 0.424. The number of rotatable bonds is 4. The zero-order valence-corrected chi connectivity index (χ0v) is 12.0. The van der Waals surface area contributed by atoms with Crippen molar-refractivity contribution in [2.24, 2.45) is 0 Å². The van der Waals surface area contributed by atoms with Crippen LogP contribution >= 0.6 is 0 Å². The van der Waals surface area contributed by atoms with Gasteiger partial charge in [0.05, 0.1) is 12.7 Å². The van der Waals surface area contributed by atoms with E-state index >= 15 is 0 Å². The minimum atomic E-state index is -0.568. The fraction of sp³-hybridized carbons (Fsp3) is 0.400. The van der Waals surface area contributed by atoms with Gasteiger partial charge in [-0.1, -0.05) is 0 Å². The summed E-state index contributed by atoms with van der Waals surface area (Å²) in [5.41, 5.74) is 1.63. The standard InChI is InChI=1S/C15H19F2N3/c1-15(2,3)18-7-12-8-19-20(10-12)9-11-4-13(16)6-14(17)5-11/h4-6,8,10,18H,7,9H2,1-3H3. The molecule has 5 heteroatoms. The Bertz CT molecular complexity index is 565. The van der Waals surface area contributed by atoms with Crippen LogP contribution in [-0.4, -0.2) is 15.3 Å². The second kappa shape index (κ2) is 5.71. The molecule has 20 heavy (non-hydrogen) atoms. The molecule has 0 radical (unpaired) electrons. The molecule has 0 spiro atoms. The van der Waals surface area contributed by atoms with Crippen molar-refractivity contribution < 1.29 is 8.78 Å². The van der Waals surface area contributed by atoms with Crippen molar-refractivity contribution in [3.8, 4) is 0 Å². The van der Waals surface area contributed by atoms with Crippen molar-refractivity contribution >= 4 is 0 Å². The molecule has 0 atom stereocenters. The van der Waals surface area contributed by atoms with Crippen LogP contribution < -0.4 is 5.32 Å². The molecule has 0 saturated carbocycles. The van der Waals surface area contributed by atoms with Crippen molar-refractivity contribution in [2.75, 3.05) is 0 Å². The summed E-state index contributed by atoms with van der Waals surface area (Å²) in [6.45, 7) is 7.33. The van der Waals surface area contributed by atoms with E-state index in [9.17, 15) is 8.78 Å². The Hall–Kier alpha value is -1.75. The predicted molar refractivity (Wildman–Crippen MR) is 74.3 cm³/mol. The molecule has 0 aliphatic heterocycles. The molecular formula is C15H19F2N3. The van der Waals surface area contributed by atoms with Gasteiger partial charge in [0.1, 0.15) is 11.6 Å². The largest absolute Gasteiger partial charge is 0.308 e. The first-order chi connectivity index (χ1) is 9.32. The van der Waals surface area contributed by atoms with Gasteiger partial charge in [0.25, 0.3) is 0 Å². The number of benzene rings is 1. The van der Waals surface area contributed by atoms with E-state index in [1.54, 1.807) is 10.9 Å². The van der Waals surface area contributed by atoms with Crippen molar-refractivity contribution in [3.05, 3.63) is 53.4 Å². The Morgan fingerprint density at radius 3 is 2.35 bits per heavy atom. The summed E-state index contributed by atoms with van der Waals surface area (Å²) in [7, 11) is 0. The molecule has 0 bridgehead atoms. The smallest absolute Gasteiger partial charge is 0.126 e. The third-order valence-electron chi connectivity index (χ3n) is 2.78. The zero-order chi connectivity index (χ0) is 14.8. The van der Waals surface area contributed by atoms with Crippen molar-refractivity contribution in [2.45, 2.75) is 39.4 Å². The Labute approximate surface area is 117 Å². The molecule has 0 aliphatic rings. The summed E-state index contributed by atoms with van der Waals surface area (Å²) in [6, 6.07) is 3.50. The van der Waals surface area contributed by atoms with E-state index in [1.165, 1.54) is 12.1 Å². The molecule has 1 aromatic carbocycles. The van der Waals surface area contributed by atoms with E-state index in [-0.39, 0.29) is 5.54 Å². The van der Waals surface area contributed by atoms with E-state index in [0.29, 0.717) is 18.7 Å². The molecule has 0 amide bonds. The number of nitrogens with one attached hydrogen (secondary N) is 1. The topological polar surface area (TPSA) is 29.9 Å². The van der Waals surface area contributed by atoms with Crippen LogP contribution in [0, 0.1) is 11.6 Å². The summed E-state index contributed by atoms with van der Waals surface area (Å²) in [5.74, 6) is -1.14. The highest BCUT2D eigenvalue weighted by Crippen LogP contribution is 2.10.